The van der Waals surface area contributed by atoms with E-state index in [1.807, 2.05) is 0 Å². The van der Waals surface area contributed by atoms with Crippen LogP contribution in [0.5, 0.6) is 0 Å². The van der Waals surface area contributed by atoms with Crippen molar-refractivity contribution < 1.29 is 19.1 Å². The SMILES string of the molecule is C[C@]1(C(=O)O)CCN(C(=O)c2cnc(-c3ccccc3F)s2)C1. The van der Waals surface area contributed by atoms with Crippen LogP contribution in [0.4, 0.5) is 4.39 Å². The molecule has 1 aliphatic rings. The van der Waals surface area contributed by atoms with Gasteiger partial charge in [0.2, 0.25) is 0 Å². The zero-order valence-corrected chi connectivity index (χ0v) is 13.3. The van der Waals surface area contributed by atoms with Crippen molar-refractivity contribution in [2.24, 2.45) is 5.41 Å². The molecule has 7 heteroatoms. The van der Waals surface area contributed by atoms with E-state index in [9.17, 15) is 19.1 Å². The van der Waals surface area contributed by atoms with E-state index in [2.05, 4.69) is 4.98 Å². The Hall–Kier alpha value is -2.28. The summed E-state index contributed by atoms with van der Waals surface area (Å²) >= 11 is 1.11. The van der Waals surface area contributed by atoms with Crippen molar-refractivity contribution in [2.75, 3.05) is 13.1 Å². The van der Waals surface area contributed by atoms with Crippen LogP contribution in [0.3, 0.4) is 0 Å². The topological polar surface area (TPSA) is 70.5 Å². The van der Waals surface area contributed by atoms with Gasteiger partial charge in [-0.15, -0.1) is 11.3 Å². The smallest absolute Gasteiger partial charge is 0.311 e. The minimum absolute atomic E-state index is 0.175. The van der Waals surface area contributed by atoms with Gasteiger partial charge < -0.3 is 10.0 Å². The number of thiazole rings is 1. The second kappa shape index (κ2) is 5.73. The van der Waals surface area contributed by atoms with Crippen LogP contribution in [-0.4, -0.2) is 40.0 Å². The number of hydrogen-bond donors (Lipinski definition) is 1. The Labute approximate surface area is 136 Å². The molecule has 1 N–H and O–H groups in total. The fourth-order valence-electron chi connectivity index (χ4n) is 2.60. The number of halogens is 1. The molecule has 1 saturated heterocycles. The van der Waals surface area contributed by atoms with Gasteiger partial charge in [0.25, 0.3) is 5.91 Å². The first-order chi connectivity index (χ1) is 10.9. The monoisotopic (exact) mass is 334 g/mol. The Balaban J connectivity index is 1.80. The van der Waals surface area contributed by atoms with Gasteiger partial charge in [0.15, 0.2) is 0 Å². The normalized spacial score (nSPS) is 20.7. The molecule has 2 heterocycles. The number of rotatable bonds is 3. The molecule has 2 aromatic rings. The summed E-state index contributed by atoms with van der Waals surface area (Å²) in [5.74, 6) is -1.54. The second-order valence-electron chi connectivity index (χ2n) is 5.85. The number of carbonyl (C=O) groups excluding carboxylic acids is 1. The second-order valence-corrected chi connectivity index (χ2v) is 6.88. The van der Waals surface area contributed by atoms with Gasteiger partial charge >= 0.3 is 5.97 Å². The summed E-state index contributed by atoms with van der Waals surface area (Å²) in [6, 6.07) is 6.26. The molecule has 0 unspecified atom stereocenters. The van der Waals surface area contributed by atoms with Crippen molar-refractivity contribution in [3.63, 3.8) is 0 Å². The van der Waals surface area contributed by atoms with Crippen LogP contribution in [0.15, 0.2) is 30.5 Å². The number of carboxylic acids is 1. The molecule has 0 saturated carbocycles. The first-order valence-corrected chi connectivity index (χ1v) is 7.96. The molecule has 5 nitrogen and oxygen atoms in total. The summed E-state index contributed by atoms with van der Waals surface area (Å²) in [6.45, 7) is 2.21. The Morgan fingerprint density at radius 1 is 1.39 bits per heavy atom. The maximum Gasteiger partial charge on any atom is 0.311 e. The van der Waals surface area contributed by atoms with E-state index in [0.29, 0.717) is 28.4 Å². The largest absolute Gasteiger partial charge is 0.481 e. The average molecular weight is 334 g/mol. The number of carbonyl (C=O) groups is 2. The van der Waals surface area contributed by atoms with Crippen molar-refractivity contribution in [3.05, 3.63) is 41.2 Å². The van der Waals surface area contributed by atoms with E-state index < -0.39 is 11.4 Å². The van der Waals surface area contributed by atoms with Gasteiger partial charge in [-0.1, -0.05) is 12.1 Å². The summed E-state index contributed by atoms with van der Waals surface area (Å²) in [5.41, 5.74) is -0.553. The van der Waals surface area contributed by atoms with Crippen LogP contribution < -0.4 is 0 Å². The molecule has 1 atom stereocenters. The van der Waals surface area contributed by atoms with Crippen LogP contribution >= 0.6 is 11.3 Å². The van der Waals surface area contributed by atoms with Crippen molar-refractivity contribution in [3.8, 4) is 10.6 Å². The number of aliphatic carboxylic acids is 1. The predicted octanol–water partition coefficient (Wildman–Crippen LogP) is 2.89. The van der Waals surface area contributed by atoms with Gasteiger partial charge in [0, 0.05) is 18.7 Å². The lowest BCUT2D eigenvalue weighted by atomic mass is 9.90. The Kier molecular flexibility index (Phi) is 3.89. The first-order valence-electron chi connectivity index (χ1n) is 7.14. The molecule has 0 spiro atoms. The Morgan fingerprint density at radius 3 is 2.78 bits per heavy atom. The van der Waals surface area contributed by atoms with Gasteiger partial charge in [0.05, 0.1) is 11.6 Å². The average Bonchev–Trinajstić information content (AvgIpc) is 3.15. The zero-order chi connectivity index (χ0) is 16.6. The third-order valence-electron chi connectivity index (χ3n) is 4.10. The fourth-order valence-corrected chi connectivity index (χ4v) is 3.51. The summed E-state index contributed by atoms with van der Waals surface area (Å²) in [5, 5.41) is 9.67. The molecular formula is C16H15FN2O3S. The molecule has 1 amide bonds. The minimum atomic E-state index is -0.908. The molecule has 3 rings (SSSR count). The number of likely N-dealkylation sites (tertiary alicyclic amines) is 1. The molecule has 0 radical (unpaired) electrons. The molecule has 0 bridgehead atoms. The maximum atomic E-state index is 13.8. The predicted molar refractivity (Wildman–Crippen MR) is 83.8 cm³/mol. The van der Waals surface area contributed by atoms with Crippen molar-refractivity contribution in [1.29, 1.82) is 0 Å². The number of carboxylic acid groups (broad SMARTS) is 1. The summed E-state index contributed by atoms with van der Waals surface area (Å²) in [6.07, 6.45) is 1.85. The molecule has 1 aromatic carbocycles. The molecule has 120 valence electrons. The molecule has 0 aliphatic carbocycles. The molecule has 1 aliphatic heterocycles. The van der Waals surface area contributed by atoms with E-state index >= 15 is 0 Å². The summed E-state index contributed by atoms with van der Waals surface area (Å²) in [7, 11) is 0. The third-order valence-corrected chi connectivity index (χ3v) is 5.12. The number of nitrogens with zero attached hydrogens (tertiary/aromatic N) is 2. The maximum absolute atomic E-state index is 13.8. The number of hydrogen-bond acceptors (Lipinski definition) is 4. The highest BCUT2D eigenvalue weighted by Gasteiger charge is 2.42. The number of aromatic nitrogens is 1. The Bertz CT molecular complexity index is 776. The number of amides is 1. The van der Waals surface area contributed by atoms with Crippen LogP contribution in [0.2, 0.25) is 0 Å². The lowest BCUT2D eigenvalue weighted by molar-refractivity contribution is -0.147. The van der Waals surface area contributed by atoms with Gasteiger partial charge in [-0.2, -0.15) is 0 Å². The molecular weight excluding hydrogens is 319 g/mol. The van der Waals surface area contributed by atoms with Crippen LogP contribution in [0.25, 0.3) is 10.6 Å². The standard InChI is InChI=1S/C16H15FN2O3S/c1-16(15(21)22)6-7-19(9-16)14(20)12-8-18-13(23-12)10-4-2-3-5-11(10)17/h2-5,8H,6-7,9H2,1H3,(H,21,22)/t16-/m0/s1. The van der Waals surface area contributed by atoms with Gasteiger partial charge in [0.1, 0.15) is 15.7 Å². The third kappa shape index (κ3) is 2.84. The van der Waals surface area contributed by atoms with Crippen molar-refractivity contribution >= 4 is 23.2 Å². The van der Waals surface area contributed by atoms with Gasteiger partial charge in [-0.25, -0.2) is 9.37 Å². The highest BCUT2D eigenvalue weighted by molar-refractivity contribution is 7.16. The van der Waals surface area contributed by atoms with Crippen molar-refractivity contribution in [2.45, 2.75) is 13.3 Å². The number of benzene rings is 1. The minimum Gasteiger partial charge on any atom is -0.481 e. The lowest BCUT2D eigenvalue weighted by Crippen LogP contribution is -2.34. The van der Waals surface area contributed by atoms with E-state index in [1.165, 1.54) is 17.2 Å². The van der Waals surface area contributed by atoms with Crippen molar-refractivity contribution in [1.82, 2.24) is 9.88 Å². The highest BCUT2D eigenvalue weighted by Crippen LogP contribution is 2.33. The summed E-state index contributed by atoms with van der Waals surface area (Å²) in [4.78, 5) is 29.8. The van der Waals surface area contributed by atoms with Gasteiger partial charge in [-0.05, 0) is 25.5 Å². The molecule has 1 fully saturated rings. The van der Waals surface area contributed by atoms with E-state index in [1.54, 1.807) is 25.1 Å². The van der Waals surface area contributed by atoms with Crippen LogP contribution in [-0.2, 0) is 4.79 Å². The van der Waals surface area contributed by atoms with E-state index in [0.717, 1.165) is 11.3 Å². The van der Waals surface area contributed by atoms with Crippen LogP contribution in [0, 0.1) is 11.2 Å². The Morgan fingerprint density at radius 2 is 2.13 bits per heavy atom. The summed E-state index contributed by atoms with van der Waals surface area (Å²) < 4.78 is 13.8. The fraction of sp³-hybridized carbons (Fsp3) is 0.312. The van der Waals surface area contributed by atoms with E-state index in [4.69, 9.17) is 0 Å². The quantitative estimate of drug-likeness (QED) is 0.937. The lowest BCUT2D eigenvalue weighted by Gasteiger charge is -2.19. The van der Waals surface area contributed by atoms with Gasteiger partial charge in [-0.3, -0.25) is 9.59 Å². The zero-order valence-electron chi connectivity index (χ0n) is 12.5. The van der Waals surface area contributed by atoms with Crippen LogP contribution in [0.1, 0.15) is 23.0 Å². The molecule has 23 heavy (non-hydrogen) atoms. The first kappa shape index (κ1) is 15.6. The highest BCUT2D eigenvalue weighted by atomic mass is 32.1. The van der Waals surface area contributed by atoms with E-state index in [-0.39, 0.29) is 18.3 Å². The molecule has 1 aromatic heterocycles.